The lowest BCUT2D eigenvalue weighted by Gasteiger charge is -2.13. The molecule has 7 heteroatoms. The summed E-state index contributed by atoms with van der Waals surface area (Å²) < 4.78 is 4.86. The van der Waals surface area contributed by atoms with Crippen LogP contribution in [-0.2, 0) is 4.74 Å². The molecule has 1 heterocycles. The van der Waals surface area contributed by atoms with E-state index in [1.54, 1.807) is 18.2 Å². The molecule has 0 saturated carbocycles. The largest absolute Gasteiger partial charge is 0.465 e. The standard InChI is InChI=1S/C23H25ClN2O3S/c1-29-23(28)20-9-12-30-22(20)17-6-3-8-19(14-17)26-11-4-10-25-15-21(27)16-5-2-7-18(24)13-16/h2-3,5-9,12-14,21,25-27H,4,10-11,15H2,1H3/t21-/m1/s1. The molecule has 158 valence electrons. The summed E-state index contributed by atoms with van der Waals surface area (Å²) in [5.41, 5.74) is 3.38. The molecule has 0 radical (unpaired) electrons. The first-order chi connectivity index (χ1) is 14.6. The maximum Gasteiger partial charge on any atom is 0.339 e. The van der Waals surface area contributed by atoms with E-state index in [4.69, 9.17) is 16.3 Å². The Hall–Kier alpha value is -2.38. The van der Waals surface area contributed by atoms with Crippen molar-refractivity contribution in [2.75, 3.05) is 32.1 Å². The summed E-state index contributed by atoms with van der Waals surface area (Å²) in [6.45, 7) is 2.05. The van der Waals surface area contributed by atoms with Crippen LogP contribution in [0.2, 0.25) is 5.02 Å². The average Bonchev–Trinajstić information content (AvgIpc) is 3.25. The van der Waals surface area contributed by atoms with Crippen LogP contribution in [0, 0.1) is 0 Å². The van der Waals surface area contributed by atoms with Gasteiger partial charge in [0.1, 0.15) is 0 Å². The zero-order valence-electron chi connectivity index (χ0n) is 16.7. The number of aliphatic hydroxyl groups is 1. The van der Waals surface area contributed by atoms with Crippen molar-refractivity contribution in [3.8, 4) is 10.4 Å². The summed E-state index contributed by atoms with van der Waals surface area (Å²) in [5, 5.41) is 19.4. The zero-order valence-corrected chi connectivity index (χ0v) is 18.3. The minimum absolute atomic E-state index is 0.323. The number of ether oxygens (including phenoxy) is 1. The normalized spacial score (nSPS) is 11.8. The molecule has 0 aliphatic heterocycles. The van der Waals surface area contributed by atoms with Gasteiger partial charge in [-0.2, -0.15) is 0 Å². The van der Waals surface area contributed by atoms with E-state index in [1.807, 2.05) is 41.8 Å². The van der Waals surface area contributed by atoms with Crippen LogP contribution in [0.25, 0.3) is 10.4 Å². The summed E-state index contributed by atoms with van der Waals surface area (Å²) >= 11 is 7.48. The van der Waals surface area contributed by atoms with E-state index in [1.165, 1.54) is 18.4 Å². The number of hydrogen-bond donors (Lipinski definition) is 3. The van der Waals surface area contributed by atoms with Crippen molar-refractivity contribution < 1.29 is 14.6 Å². The van der Waals surface area contributed by atoms with Crippen LogP contribution in [-0.4, -0.2) is 37.8 Å². The molecule has 1 aromatic heterocycles. The minimum Gasteiger partial charge on any atom is -0.465 e. The fourth-order valence-corrected chi connectivity index (χ4v) is 4.17. The molecule has 3 rings (SSSR count). The van der Waals surface area contributed by atoms with E-state index in [2.05, 4.69) is 10.6 Å². The lowest BCUT2D eigenvalue weighted by molar-refractivity contribution is 0.0602. The molecule has 0 spiro atoms. The number of anilines is 1. The van der Waals surface area contributed by atoms with Gasteiger partial charge in [0, 0.05) is 28.7 Å². The van der Waals surface area contributed by atoms with Crippen molar-refractivity contribution >= 4 is 34.6 Å². The number of carbonyl (C=O) groups is 1. The molecule has 2 aromatic carbocycles. The fraction of sp³-hybridized carbons (Fsp3) is 0.261. The zero-order chi connectivity index (χ0) is 21.3. The summed E-state index contributed by atoms with van der Waals surface area (Å²) in [4.78, 5) is 12.8. The second kappa shape index (κ2) is 11.1. The SMILES string of the molecule is COC(=O)c1ccsc1-c1cccc(NCCCNC[C@@H](O)c2cccc(Cl)c2)c1. The van der Waals surface area contributed by atoms with E-state index in [0.717, 1.165) is 41.2 Å². The molecule has 3 aromatic rings. The number of nitrogens with one attached hydrogen (secondary N) is 2. The molecule has 0 aliphatic rings. The average molecular weight is 445 g/mol. The maximum absolute atomic E-state index is 11.9. The first-order valence-electron chi connectivity index (χ1n) is 9.73. The minimum atomic E-state index is -0.580. The van der Waals surface area contributed by atoms with Crippen LogP contribution in [0.5, 0.6) is 0 Å². The molecular formula is C23H25ClN2O3S. The van der Waals surface area contributed by atoms with Gasteiger partial charge in [0.2, 0.25) is 0 Å². The Balaban J connectivity index is 1.44. The summed E-state index contributed by atoms with van der Waals surface area (Å²) in [5.74, 6) is -0.323. The predicted molar refractivity (Wildman–Crippen MR) is 123 cm³/mol. The molecule has 3 N–H and O–H groups in total. The molecule has 0 saturated heterocycles. The lowest BCUT2D eigenvalue weighted by Crippen LogP contribution is -2.24. The second-order valence-corrected chi connectivity index (χ2v) is 8.14. The van der Waals surface area contributed by atoms with Crippen molar-refractivity contribution in [2.24, 2.45) is 0 Å². The molecule has 0 bridgehead atoms. The number of rotatable bonds is 10. The molecule has 30 heavy (non-hydrogen) atoms. The number of methoxy groups -OCH3 is 1. The van der Waals surface area contributed by atoms with Crippen LogP contribution in [0.15, 0.2) is 60.0 Å². The lowest BCUT2D eigenvalue weighted by atomic mass is 10.1. The first kappa shape index (κ1) is 22.3. The van der Waals surface area contributed by atoms with Gasteiger partial charge in [0.25, 0.3) is 0 Å². The maximum atomic E-state index is 11.9. The van der Waals surface area contributed by atoms with Crippen LogP contribution < -0.4 is 10.6 Å². The third-order valence-electron chi connectivity index (χ3n) is 4.63. The van der Waals surface area contributed by atoms with Crippen LogP contribution in [0.3, 0.4) is 0 Å². The topological polar surface area (TPSA) is 70.6 Å². The van der Waals surface area contributed by atoms with Gasteiger partial charge in [0.05, 0.1) is 18.8 Å². The van der Waals surface area contributed by atoms with Crippen molar-refractivity contribution in [1.82, 2.24) is 5.32 Å². The number of thiophene rings is 1. The van der Waals surface area contributed by atoms with Gasteiger partial charge in [0.15, 0.2) is 0 Å². The van der Waals surface area contributed by atoms with Gasteiger partial charge in [-0.3, -0.25) is 0 Å². The van der Waals surface area contributed by atoms with Crippen molar-refractivity contribution in [3.05, 3.63) is 76.1 Å². The Morgan fingerprint density at radius 3 is 2.80 bits per heavy atom. The number of halogens is 1. The molecule has 1 atom stereocenters. The number of carbonyl (C=O) groups excluding carboxylic acids is 1. The third kappa shape index (κ3) is 6.06. The Kier molecular flexibility index (Phi) is 8.28. The van der Waals surface area contributed by atoms with Crippen molar-refractivity contribution in [1.29, 1.82) is 0 Å². The van der Waals surface area contributed by atoms with Crippen LogP contribution in [0.4, 0.5) is 5.69 Å². The highest BCUT2D eigenvalue weighted by atomic mass is 35.5. The van der Waals surface area contributed by atoms with Gasteiger partial charge in [-0.1, -0.05) is 35.9 Å². The third-order valence-corrected chi connectivity index (χ3v) is 5.82. The van der Waals surface area contributed by atoms with E-state index in [0.29, 0.717) is 17.1 Å². The van der Waals surface area contributed by atoms with Crippen molar-refractivity contribution in [2.45, 2.75) is 12.5 Å². The highest BCUT2D eigenvalue weighted by Gasteiger charge is 2.14. The Morgan fingerprint density at radius 1 is 1.17 bits per heavy atom. The second-order valence-electron chi connectivity index (χ2n) is 6.79. The van der Waals surface area contributed by atoms with Gasteiger partial charge in [-0.15, -0.1) is 11.3 Å². The van der Waals surface area contributed by atoms with Gasteiger partial charge < -0.3 is 20.5 Å². The van der Waals surface area contributed by atoms with Crippen LogP contribution >= 0.6 is 22.9 Å². The molecule has 0 aliphatic carbocycles. The Bertz CT molecular complexity index is 976. The molecule has 0 fully saturated rings. The predicted octanol–water partition coefficient (Wildman–Crippen LogP) is 4.98. The van der Waals surface area contributed by atoms with Gasteiger partial charge in [-0.05, 0) is 59.8 Å². The highest BCUT2D eigenvalue weighted by Crippen LogP contribution is 2.31. The molecular weight excluding hydrogens is 420 g/mol. The Labute approximate surface area is 185 Å². The summed E-state index contributed by atoms with van der Waals surface area (Å²) in [6.07, 6.45) is 0.321. The fourth-order valence-electron chi connectivity index (χ4n) is 3.09. The van der Waals surface area contributed by atoms with E-state index in [-0.39, 0.29) is 5.97 Å². The molecule has 0 unspecified atom stereocenters. The monoisotopic (exact) mass is 444 g/mol. The van der Waals surface area contributed by atoms with Gasteiger partial charge in [-0.25, -0.2) is 4.79 Å². The van der Waals surface area contributed by atoms with Gasteiger partial charge >= 0.3 is 5.97 Å². The van der Waals surface area contributed by atoms with E-state index in [9.17, 15) is 9.90 Å². The number of aliphatic hydroxyl groups excluding tert-OH is 1. The number of esters is 1. The summed E-state index contributed by atoms with van der Waals surface area (Å²) in [6, 6.07) is 17.1. The Morgan fingerprint density at radius 2 is 2.00 bits per heavy atom. The van der Waals surface area contributed by atoms with Crippen molar-refractivity contribution in [3.63, 3.8) is 0 Å². The molecule has 5 nitrogen and oxygen atoms in total. The van der Waals surface area contributed by atoms with Crippen LogP contribution in [0.1, 0.15) is 28.4 Å². The quantitative estimate of drug-likeness (QED) is 0.304. The summed E-state index contributed by atoms with van der Waals surface area (Å²) in [7, 11) is 1.39. The highest BCUT2D eigenvalue weighted by molar-refractivity contribution is 7.14. The van der Waals surface area contributed by atoms with E-state index >= 15 is 0 Å². The first-order valence-corrected chi connectivity index (χ1v) is 11.0. The number of benzene rings is 2. The smallest absolute Gasteiger partial charge is 0.339 e. The molecule has 0 amide bonds. The van der Waals surface area contributed by atoms with E-state index < -0.39 is 6.10 Å². The number of hydrogen-bond acceptors (Lipinski definition) is 6.